The van der Waals surface area contributed by atoms with Crippen LogP contribution in [0.2, 0.25) is 0 Å². The summed E-state index contributed by atoms with van der Waals surface area (Å²) in [5.41, 5.74) is 4.81. The number of carbonyl (C=O) groups excluding carboxylic acids is 1. The molecule has 3 heterocycles. The summed E-state index contributed by atoms with van der Waals surface area (Å²) < 4.78 is 14.7. The largest absolute Gasteiger partial charge is 0.387 e. The van der Waals surface area contributed by atoms with Gasteiger partial charge in [0.15, 0.2) is 29.3 Å². The monoisotopic (exact) mass is 623 g/mol. The van der Waals surface area contributed by atoms with Gasteiger partial charge in [0, 0.05) is 45.8 Å². The van der Waals surface area contributed by atoms with Gasteiger partial charge in [-0.1, -0.05) is 60.7 Å². The van der Waals surface area contributed by atoms with Crippen LogP contribution in [0.5, 0.6) is 0 Å². The van der Waals surface area contributed by atoms with Gasteiger partial charge in [-0.25, -0.2) is 4.98 Å². The van der Waals surface area contributed by atoms with E-state index in [0.29, 0.717) is 23.5 Å². The van der Waals surface area contributed by atoms with Crippen molar-refractivity contribution in [3.8, 4) is 0 Å². The normalized spacial score (nSPS) is 19.6. The first-order chi connectivity index (χ1) is 22.8. The Bertz CT molecular complexity index is 1750. The molecule has 5 aromatic rings. The predicted molar refractivity (Wildman–Crippen MR) is 177 cm³/mol. The maximum Gasteiger partial charge on any atom is 0.252 e. The maximum atomic E-state index is 12.6. The number of hydrogen-bond acceptors (Lipinski definition) is 10. The summed E-state index contributed by atoms with van der Waals surface area (Å²) in [4.78, 5) is 28.8. The fraction of sp³-hybridized carbons (Fsp3) is 0.294. The van der Waals surface area contributed by atoms with Crippen molar-refractivity contribution < 1.29 is 21.1 Å². The van der Waals surface area contributed by atoms with Crippen LogP contribution in [-0.4, -0.2) is 81.1 Å². The molecule has 5 N–H and O–H groups in total. The lowest BCUT2D eigenvalue weighted by Gasteiger charge is -2.20. The standard InChI is InChI=1S/C34H38N8O4/c1-4-35-32(45)29-27(43)28(44)33(46-29)42-20-37-26-30(36-19-25(21-11-7-5-8-12-21)22-13-9-6-10-14-22)39-34(40-31(26)42)38-23-15-17-24(18-16-23)41(2)3/h5-18,20,25,27-29,33,43-44H,4,19H2,1-3H3,(H,35,45)(H2,36,38,39,40)/t27-,28+,29-,33?/m0/s1/i1D. The number of rotatable bonds is 11. The molecule has 1 amide bonds. The molecule has 1 aliphatic rings. The van der Waals surface area contributed by atoms with Crippen LogP contribution in [0.3, 0.4) is 0 Å². The van der Waals surface area contributed by atoms with Crippen LogP contribution in [0.1, 0.15) is 31.5 Å². The summed E-state index contributed by atoms with van der Waals surface area (Å²) in [7, 11) is 3.94. The van der Waals surface area contributed by atoms with E-state index in [1.807, 2.05) is 79.7 Å². The van der Waals surface area contributed by atoms with Crippen molar-refractivity contribution >= 4 is 40.2 Å². The van der Waals surface area contributed by atoms with E-state index < -0.39 is 30.4 Å². The highest BCUT2D eigenvalue weighted by atomic mass is 16.6. The highest BCUT2D eigenvalue weighted by Crippen LogP contribution is 2.34. The molecule has 0 bridgehead atoms. The number of nitrogens with one attached hydrogen (secondary N) is 3. The van der Waals surface area contributed by atoms with Crippen LogP contribution in [0, 0.1) is 0 Å². The molecular weight excluding hydrogens is 584 g/mol. The van der Waals surface area contributed by atoms with Crippen molar-refractivity contribution in [1.82, 2.24) is 24.8 Å². The van der Waals surface area contributed by atoms with Crippen molar-refractivity contribution in [3.63, 3.8) is 0 Å². The van der Waals surface area contributed by atoms with Crippen LogP contribution in [-0.2, 0) is 9.53 Å². The zero-order chi connectivity index (χ0) is 32.9. The number of amides is 1. The van der Waals surface area contributed by atoms with Gasteiger partial charge in [-0.3, -0.25) is 9.36 Å². The number of imidazole rings is 1. The quantitative estimate of drug-likeness (QED) is 0.148. The van der Waals surface area contributed by atoms with E-state index in [0.717, 1.165) is 22.5 Å². The molecule has 0 saturated carbocycles. The van der Waals surface area contributed by atoms with E-state index in [4.69, 9.17) is 16.1 Å². The zero-order valence-corrected chi connectivity index (χ0v) is 25.6. The Labute approximate surface area is 268 Å². The van der Waals surface area contributed by atoms with Crippen LogP contribution in [0.15, 0.2) is 91.3 Å². The van der Waals surface area contributed by atoms with Crippen LogP contribution >= 0.6 is 0 Å². The molecule has 12 nitrogen and oxygen atoms in total. The summed E-state index contributed by atoms with van der Waals surface area (Å²) in [6.45, 7) is 0.561. The van der Waals surface area contributed by atoms with Gasteiger partial charge in [0.25, 0.3) is 5.91 Å². The second-order valence-corrected chi connectivity index (χ2v) is 11.3. The Morgan fingerprint density at radius 3 is 2.28 bits per heavy atom. The lowest BCUT2D eigenvalue weighted by molar-refractivity contribution is -0.137. The molecule has 46 heavy (non-hydrogen) atoms. The van der Waals surface area contributed by atoms with Gasteiger partial charge in [-0.2, -0.15) is 9.97 Å². The lowest BCUT2D eigenvalue weighted by atomic mass is 9.91. The molecule has 238 valence electrons. The number of carbonyl (C=O) groups is 1. The third-order valence-electron chi connectivity index (χ3n) is 8.01. The van der Waals surface area contributed by atoms with Crippen molar-refractivity contribution in [2.75, 3.05) is 42.7 Å². The number of anilines is 4. The first-order valence-electron chi connectivity index (χ1n) is 15.8. The summed E-state index contributed by atoms with van der Waals surface area (Å²) in [6.07, 6.45) is -3.97. The Morgan fingerprint density at radius 2 is 1.65 bits per heavy atom. The molecule has 12 heteroatoms. The molecule has 1 fully saturated rings. The van der Waals surface area contributed by atoms with E-state index in [1.165, 1.54) is 10.9 Å². The highest BCUT2D eigenvalue weighted by Gasteiger charge is 2.47. The summed E-state index contributed by atoms with van der Waals surface area (Å²) in [5, 5.41) is 31.0. The van der Waals surface area contributed by atoms with E-state index in [9.17, 15) is 15.0 Å². The number of nitrogens with zero attached hydrogens (tertiary/aromatic N) is 5. The van der Waals surface area contributed by atoms with Gasteiger partial charge in [-0.05, 0) is 42.3 Å². The Hall–Kier alpha value is -5.04. The molecule has 1 unspecified atom stereocenters. The lowest BCUT2D eigenvalue weighted by Crippen LogP contribution is -2.42. The summed E-state index contributed by atoms with van der Waals surface area (Å²) in [5.74, 6) is 0.116. The molecule has 0 spiro atoms. The van der Waals surface area contributed by atoms with E-state index in [1.54, 1.807) is 0 Å². The van der Waals surface area contributed by atoms with E-state index in [2.05, 4.69) is 45.2 Å². The van der Waals surface area contributed by atoms with Crippen LogP contribution in [0.25, 0.3) is 11.2 Å². The predicted octanol–water partition coefficient (Wildman–Crippen LogP) is 3.64. The maximum absolute atomic E-state index is 12.6. The summed E-state index contributed by atoms with van der Waals surface area (Å²) >= 11 is 0. The molecule has 3 aromatic carbocycles. The molecule has 2 aromatic heterocycles. The van der Waals surface area contributed by atoms with Crippen molar-refractivity contribution in [2.24, 2.45) is 0 Å². The van der Waals surface area contributed by atoms with Gasteiger partial charge in [0.1, 0.15) is 12.2 Å². The average molecular weight is 624 g/mol. The molecule has 4 atom stereocenters. The third-order valence-corrected chi connectivity index (χ3v) is 8.01. The summed E-state index contributed by atoms with van der Waals surface area (Å²) in [6, 6.07) is 28.2. The second kappa shape index (κ2) is 13.5. The van der Waals surface area contributed by atoms with Crippen molar-refractivity contribution in [2.45, 2.75) is 37.4 Å². The third kappa shape index (κ3) is 6.36. The van der Waals surface area contributed by atoms with E-state index in [-0.39, 0.29) is 25.3 Å². The molecule has 0 radical (unpaired) electrons. The minimum absolute atomic E-state index is 0.00221. The van der Waals surface area contributed by atoms with Gasteiger partial charge < -0.3 is 35.8 Å². The van der Waals surface area contributed by atoms with Gasteiger partial charge in [-0.15, -0.1) is 0 Å². The first-order valence-corrected chi connectivity index (χ1v) is 15.1. The van der Waals surface area contributed by atoms with Crippen LogP contribution < -0.4 is 20.9 Å². The van der Waals surface area contributed by atoms with E-state index >= 15 is 0 Å². The fourth-order valence-corrected chi connectivity index (χ4v) is 5.58. The Morgan fingerprint density at radius 1 is 0.978 bits per heavy atom. The number of ether oxygens (including phenoxy) is 1. The van der Waals surface area contributed by atoms with Gasteiger partial charge in [0.05, 0.1) is 6.33 Å². The molecule has 0 aliphatic carbocycles. The highest BCUT2D eigenvalue weighted by molar-refractivity contribution is 5.85. The fourth-order valence-electron chi connectivity index (χ4n) is 5.58. The second-order valence-electron chi connectivity index (χ2n) is 11.3. The minimum Gasteiger partial charge on any atom is -0.387 e. The number of aliphatic hydroxyl groups is 2. The number of aromatic nitrogens is 4. The van der Waals surface area contributed by atoms with Crippen molar-refractivity contribution in [1.29, 1.82) is 0 Å². The number of likely N-dealkylation sites (N-methyl/N-ethyl adjacent to an activating group) is 1. The number of benzene rings is 3. The number of aliphatic hydroxyl groups excluding tert-OH is 2. The van der Waals surface area contributed by atoms with Crippen LogP contribution in [0.4, 0.5) is 23.1 Å². The smallest absolute Gasteiger partial charge is 0.252 e. The molecule has 1 saturated heterocycles. The zero-order valence-electron chi connectivity index (χ0n) is 26.6. The number of fused-ring (bicyclic) bond motifs is 1. The number of hydrogen-bond donors (Lipinski definition) is 5. The SMILES string of the molecule is [2H]CCNC(=O)[C@H]1OC(n2cnc3c(NCC(c4ccccc4)c4ccccc4)nc(Nc4ccc(N(C)C)cc4)nc32)[C@H](O)[C@@H]1O. The topological polar surface area (TPSA) is 150 Å². The minimum atomic E-state index is -1.49. The molecule has 6 rings (SSSR count). The average Bonchev–Trinajstić information content (AvgIpc) is 3.64. The Kier molecular flexibility index (Phi) is 8.72. The molecular formula is C34H38N8O4. The Balaban J connectivity index is 1.36. The van der Waals surface area contributed by atoms with Gasteiger partial charge >= 0.3 is 0 Å². The van der Waals surface area contributed by atoms with Gasteiger partial charge in [0.2, 0.25) is 5.95 Å². The first kappa shape index (κ1) is 29.7. The molecule has 1 aliphatic heterocycles. The van der Waals surface area contributed by atoms with Crippen molar-refractivity contribution in [3.05, 3.63) is 102 Å².